The predicted octanol–water partition coefficient (Wildman–Crippen LogP) is 0.415. The van der Waals surface area contributed by atoms with Crippen molar-refractivity contribution in [1.82, 2.24) is 4.72 Å². The molecule has 0 heterocycles. The number of rotatable bonds is 7. The minimum atomic E-state index is -3.82. The summed E-state index contributed by atoms with van der Waals surface area (Å²) in [5.74, 6) is 0.624. The molecular formula is C13H21NO5S. The fraction of sp³-hybridized carbons (Fsp3) is 0.538. The second-order valence-electron chi connectivity index (χ2n) is 4.84. The van der Waals surface area contributed by atoms with E-state index in [4.69, 9.17) is 14.9 Å². The van der Waals surface area contributed by atoms with Crippen molar-refractivity contribution in [2.75, 3.05) is 19.8 Å². The minimum absolute atomic E-state index is 0.0616. The number of benzene rings is 1. The van der Waals surface area contributed by atoms with Crippen molar-refractivity contribution in [1.29, 1.82) is 0 Å². The maximum absolute atomic E-state index is 12.2. The molecule has 0 saturated carbocycles. The van der Waals surface area contributed by atoms with Crippen molar-refractivity contribution in [3.63, 3.8) is 0 Å². The van der Waals surface area contributed by atoms with Gasteiger partial charge < -0.3 is 14.9 Å². The van der Waals surface area contributed by atoms with Gasteiger partial charge in [-0.1, -0.05) is 0 Å². The van der Waals surface area contributed by atoms with Crippen molar-refractivity contribution in [3.8, 4) is 5.75 Å². The first-order valence-electron chi connectivity index (χ1n) is 6.27. The Morgan fingerprint density at radius 2 is 1.90 bits per heavy atom. The molecule has 114 valence electrons. The van der Waals surface area contributed by atoms with Gasteiger partial charge in [-0.15, -0.1) is 0 Å². The fourth-order valence-electron chi connectivity index (χ4n) is 1.60. The smallest absolute Gasteiger partial charge is 0.241 e. The number of sulfonamides is 1. The van der Waals surface area contributed by atoms with Crippen LogP contribution in [0.5, 0.6) is 5.75 Å². The Labute approximate surface area is 119 Å². The highest BCUT2D eigenvalue weighted by atomic mass is 32.2. The van der Waals surface area contributed by atoms with Gasteiger partial charge in [0.25, 0.3) is 0 Å². The van der Waals surface area contributed by atoms with Crippen LogP contribution in [0.3, 0.4) is 0 Å². The topological polar surface area (TPSA) is 95.9 Å². The van der Waals surface area contributed by atoms with Gasteiger partial charge in [0.05, 0.1) is 30.3 Å². The molecule has 0 bridgehead atoms. The van der Waals surface area contributed by atoms with Gasteiger partial charge in [0, 0.05) is 0 Å². The lowest BCUT2D eigenvalue weighted by Gasteiger charge is -2.25. The molecule has 0 radical (unpaired) electrons. The summed E-state index contributed by atoms with van der Waals surface area (Å²) in [5.41, 5.74) is -0.602. The molecule has 7 heteroatoms. The third-order valence-corrected chi connectivity index (χ3v) is 4.47. The van der Waals surface area contributed by atoms with Gasteiger partial charge in [-0.2, -0.15) is 0 Å². The van der Waals surface area contributed by atoms with Gasteiger partial charge in [0.15, 0.2) is 0 Å². The van der Waals surface area contributed by atoms with E-state index in [0.29, 0.717) is 17.9 Å². The van der Waals surface area contributed by atoms with Crippen LogP contribution >= 0.6 is 0 Å². The Hall–Kier alpha value is -1.15. The number of hydrogen-bond donors (Lipinski definition) is 3. The van der Waals surface area contributed by atoms with E-state index in [-0.39, 0.29) is 4.90 Å². The number of aryl methyl sites for hydroxylation is 1. The highest BCUT2D eigenvalue weighted by molar-refractivity contribution is 7.89. The van der Waals surface area contributed by atoms with Crippen molar-refractivity contribution >= 4 is 10.0 Å². The van der Waals surface area contributed by atoms with Crippen molar-refractivity contribution in [3.05, 3.63) is 23.8 Å². The average Bonchev–Trinajstić information content (AvgIpc) is 2.40. The monoisotopic (exact) mass is 303 g/mol. The predicted molar refractivity (Wildman–Crippen MR) is 75.2 cm³/mol. The Morgan fingerprint density at radius 1 is 1.30 bits per heavy atom. The van der Waals surface area contributed by atoms with Crippen LogP contribution in [-0.2, 0) is 10.0 Å². The molecule has 0 fully saturated rings. The summed E-state index contributed by atoms with van der Waals surface area (Å²) in [6, 6.07) is 4.50. The zero-order valence-corrected chi connectivity index (χ0v) is 12.7. The molecule has 20 heavy (non-hydrogen) atoms. The van der Waals surface area contributed by atoms with Crippen LogP contribution in [0.25, 0.3) is 0 Å². The maximum atomic E-state index is 12.2. The molecule has 0 saturated heterocycles. The first-order valence-corrected chi connectivity index (χ1v) is 7.75. The van der Waals surface area contributed by atoms with E-state index in [9.17, 15) is 8.42 Å². The van der Waals surface area contributed by atoms with Crippen LogP contribution in [0.1, 0.15) is 19.4 Å². The van der Waals surface area contributed by atoms with Crippen LogP contribution in [0.2, 0.25) is 0 Å². The van der Waals surface area contributed by atoms with Gasteiger partial charge >= 0.3 is 0 Å². The zero-order valence-electron chi connectivity index (χ0n) is 11.9. The van der Waals surface area contributed by atoms with Gasteiger partial charge in [-0.05, 0) is 44.5 Å². The lowest BCUT2D eigenvalue weighted by molar-refractivity contribution is 0.122. The molecule has 0 amide bonds. The summed E-state index contributed by atoms with van der Waals surface area (Å²) in [5, 5.41) is 18.3. The molecule has 0 unspecified atom stereocenters. The van der Waals surface area contributed by atoms with E-state index in [2.05, 4.69) is 4.72 Å². The van der Waals surface area contributed by atoms with E-state index >= 15 is 0 Å². The van der Waals surface area contributed by atoms with Crippen LogP contribution < -0.4 is 9.46 Å². The Kier molecular flexibility index (Phi) is 5.52. The van der Waals surface area contributed by atoms with E-state index in [1.165, 1.54) is 19.1 Å². The van der Waals surface area contributed by atoms with Crippen molar-refractivity contribution < 1.29 is 23.4 Å². The lowest BCUT2D eigenvalue weighted by Crippen LogP contribution is -2.51. The number of hydrogen-bond acceptors (Lipinski definition) is 5. The molecule has 0 spiro atoms. The Morgan fingerprint density at radius 3 is 2.35 bits per heavy atom. The third kappa shape index (κ3) is 3.92. The highest BCUT2D eigenvalue weighted by Crippen LogP contribution is 2.22. The maximum Gasteiger partial charge on any atom is 0.241 e. The van der Waals surface area contributed by atoms with Crippen LogP contribution in [0.15, 0.2) is 23.1 Å². The van der Waals surface area contributed by atoms with Crippen LogP contribution in [0, 0.1) is 6.92 Å². The molecule has 0 aliphatic rings. The largest absolute Gasteiger partial charge is 0.494 e. The number of aliphatic hydroxyl groups excluding tert-OH is 2. The summed E-state index contributed by atoms with van der Waals surface area (Å²) in [4.78, 5) is 0.0616. The molecule has 0 aromatic heterocycles. The van der Waals surface area contributed by atoms with E-state index < -0.39 is 28.8 Å². The normalized spacial score (nSPS) is 12.4. The van der Waals surface area contributed by atoms with E-state index in [0.717, 1.165) is 0 Å². The quantitative estimate of drug-likeness (QED) is 0.678. The van der Waals surface area contributed by atoms with Gasteiger partial charge in [-0.25, -0.2) is 13.1 Å². The van der Waals surface area contributed by atoms with Crippen molar-refractivity contribution in [2.24, 2.45) is 0 Å². The lowest BCUT2D eigenvalue weighted by atomic mass is 10.1. The van der Waals surface area contributed by atoms with E-state index in [1.54, 1.807) is 13.0 Å². The van der Waals surface area contributed by atoms with Gasteiger partial charge in [-0.3, -0.25) is 0 Å². The van der Waals surface area contributed by atoms with Crippen LogP contribution in [0.4, 0.5) is 0 Å². The molecule has 1 aromatic carbocycles. The van der Waals surface area contributed by atoms with Crippen LogP contribution in [-0.4, -0.2) is 44.0 Å². The second kappa shape index (κ2) is 6.53. The summed E-state index contributed by atoms with van der Waals surface area (Å²) < 4.78 is 32.1. The summed E-state index contributed by atoms with van der Waals surface area (Å²) in [6.45, 7) is 4.52. The first kappa shape index (κ1) is 16.9. The number of ether oxygens (including phenoxy) is 1. The number of nitrogens with one attached hydrogen (secondary N) is 1. The molecule has 0 aliphatic carbocycles. The molecule has 1 rings (SSSR count). The molecule has 0 atom stereocenters. The molecule has 0 aliphatic heterocycles. The summed E-state index contributed by atoms with van der Waals surface area (Å²) in [6.07, 6.45) is 0. The Bertz CT molecular complexity index is 552. The Balaban J connectivity index is 3.07. The third-order valence-electron chi connectivity index (χ3n) is 2.84. The van der Waals surface area contributed by atoms with Crippen molar-refractivity contribution in [2.45, 2.75) is 31.2 Å². The zero-order chi connectivity index (χ0) is 15.4. The molecule has 3 N–H and O–H groups in total. The SMILES string of the molecule is CCOc1ccc(S(=O)(=O)NC(C)(CO)CO)cc1C. The number of aliphatic hydroxyl groups is 2. The van der Waals surface area contributed by atoms with E-state index in [1.807, 2.05) is 6.92 Å². The first-order chi connectivity index (χ1) is 9.28. The summed E-state index contributed by atoms with van der Waals surface area (Å²) in [7, 11) is -3.82. The minimum Gasteiger partial charge on any atom is -0.494 e. The van der Waals surface area contributed by atoms with Gasteiger partial charge in [0.2, 0.25) is 10.0 Å². The second-order valence-corrected chi connectivity index (χ2v) is 6.53. The molecule has 1 aromatic rings. The molecule has 6 nitrogen and oxygen atoms in total. The average molecular weight is 303 g/mol. The standard InChI is InChI=1S/C13H21NO5S/c1-4-19-12-6-5-11(7-10(12)2)20(17,18)14-13(3,8-15)9-16/h5-7,14-16H,4,8-9H2,1-3H3. The summed E-state index contributed by atoms with van der Waals surface area (Å²) >= 11 is 0. The highest BCUT2D eigenvalue weighted by Gasteiger charge is 2.29. The van der Waals surface area contributed by atoms with Gasteiger partial charge in [0.1, 0.15) is 5.75 Å². The molecular weight excluding hydrogens is 282 g/mol. The fourth-order valence-corrected chi connectivity index (χ4v) is 3.08.